The van der Waals surface area contributed by atoms with E-state index in [1.807, 2.05) is 12.1 Å². The molecule has 0 radical (unpaired) electrons. The lowest BCUT2D eigenvalue weighted by Crippen LogP contribution is -2.11. The van der Waals surface area contributed by atoms with E-state index >= 15 is 0 Å². The zero-order chi connectivity index (χ0) is 13.8. The number of hydrogen-bond acceptors (Lipinski definition) is 4. The van der Waals surface area contributed by atoms with Crippen molar-refractivity contribution in [1.82, 2.24) is 4.98 Å². The molecule has 0 spiro atoms. The molecule has 4 nitrogen and oxygen atoms in total. The van der Waals surface area contributed by atoms with Gasteiger partial charge in [-0.2, -0.15) is 10.5 Å². The van der Waals surface area contributed by atoms with Crippen LogP contribution in [-0.4, -0.2) is 12.0 Å². The predicted octanol–water partition coefficient (Wildman–Crippen LogP) is 3.25. The minimum Gasteiger partial charge on any atom is -0.329 e. The van der Waals surface area contributed by atoms with Crippen molar-refractivity contribution in [2.75, 3.05) is 11.9 Å². The quantitative estimate of drug-likeness (QED) is 0.784. The van der Waals surface area contributed by atoms with Crippen LogP contribution in [0.4, 0.5) is 11.5 Å². The van der Waals surface area contributed by atoms with Crippen LogP contribution in [0.3, 0.4) is 0 Å². The Balaban J connectivity index is 2.44. The largest absolute Gasteiger partial charge is 0.329 e. The summed E-state index contributed by atoms with van der Waals surface area (Å²) < 4.78 is 0. The summed E-state index contributed by atoms with van der Waals surface area (Å²) in [5.74, 6) is 0.555. The molecule has 0 N–H and O–H groups in total. The molecule has 0 aliphatic rings. The molecule has 0 aliphatic carbocycles. The molecule has 0 atom stereocenters. The molecule has 0 fully saturated rings. The van der Waals surface area contributed by atoms with Crippen LogP contribution in [0.5, 0.6) is 0 Å². The second kappa shape index (κ2) is 5.39. The number of nitriles is 2. The molecular formula is C14H9ClN4. The van der Waals surface area contributed by atoms with Gasteiger partial charge in [0.2, 0.25) is 0 Å². The van der Waals surface area contributed by atoms with Crippen LogP contribution in [0.1, 0.15) is 11.1 Å². The van der Waals surface area contributed by atoms with Crippen molar-refractivity contribution in [2.24, 2.45) is 0 Å². The van der Waals surface area contributed by atoms with E-state index in [0.717, 1.165) is 5.69 Å². The summed E-state index contributed by atoms with van der Waals surface area (Å²) in [6.45, 7) is 0. The van der Waals surface area contributed by atoms with E-state index in [4.69, 9.17) is 22.1 Å². The summed E-state index contributed by atoms with van der Waals surface area (Å²) in [6, 6.07) is 14.4. The second-order valence-corrected chi connectivity index (χ2v) is 4.26. The molecule has 2 rings (SSSR count). The van der Waals surface area contributed by atoms with Crippen molar-refractivity contribution in [3.05, 3.63) is 52.7 Å². The van der Waals surface area contributed by atoms with Crippen LogP contribution in [0.2, 0.25) is 5.15 Å². The Morgan fingerprint density at radius 1 is 1.11 bits per heavy atom. The van der Waals surface area contributed by atoms with Crippen molar-refractivity contribution >= 4 is 23.1 Å². The first-order valence-electron chi connectivity index (χ1n) is 5.45. The molecule has 5 heteroatoms. The van der Waals surface area contributed by atoms with Crippen molar-refractivity contribution in [3.63, 3.8) is 0 Å². The van der Waals surface area contributed by atoms with Crippen LogP contribution in [0.25, 0.3) is 0 Å². The number of benzene rings is 1. The molecule has 0 aliphatic heterocycles. The Bertz CT molecular complexity index is 697. The standard InChI is InChI=1S/C14H9ClN4/c1-19(12-4-2-3-10(5-12)8-16)14-7-11(9-17)6-13(15)18-14/h2-7H,1H3. The van der Waals surface area contributed by atoms with Gasteiger partial charge in [-0.15, -0.1) is 0 Å². The van der Waals surface area contributed by atoms with E-state index in [2.05, 4.69) is 11.1 Å². The van der Waals surface area contributed by atoms with Gasteiger partial charge in [0.1, 0.15) is 11.0 Å². The van der Waals surface area contributed by atoms with E-state index in [0.29, 0.717) is 16.9 Å². The Kier molecular flexibility index (Phi) is 3.66. The van der Waals surface area contributed by atoms with E-state index in [-0.39, 0.29) is 5.15 Å². The fraction of sp³-hybridized carbons (Fsp3) is 0.0714. The molecule has 0 amide bonds. The van der Waals surface area contributed by atoms with E-state index in [9.17, 15) is 0 Å². The maximum absolute atomic E-state index is 8.92. The van der Waals surface area contributed by atoms with E-state index < -0.39 is 0 Å². The zero-order valence-electron chi connectivity index (χ0n) is 10.1. The monoisotopic (exact) mass is 268 g/mol. The summed E-state index contributed by atoms with van der Waals surface area (Å²) in [5, 5.41) is 18.1. The second-order valence-electron chi connectivity index (χ2n) is 3.87. The SMILES string of the molecule is CN(c1cccc(C#N)c1)c1cc(C#N)cc(Cl)n1. The topological polar surface area (TPSA) is 63.7 Å². The van der Waals surface area contributed by atoms with Gasteiger partial charge < -0.3 is 4.90 Å². The first-order valence-corrected chi connectivity index (χ1v) is 5.83. The number of anilines is 2. The van der Waals surface area contributed by atoms with Gasteiger partial charge in [0.15, 0.2) is 0 Å². The van der Waals surface area contributed by atoms with Crippen LogP contribution < -0.4 is 4.90 Å². The lowest BCUT2D eigenvalue weighted by molar-refractivity contribution is 1.12. The Morgan fingerprint density at radius 2 is 1.84 bits per heavy atom. The number of nitrogens with zero attached hydrogens (tertiary/aromatic N) is 4. The van der Waals surface area contributed by atoms with Crippen LogP contribution in [-0.2, 0) is 0 Å². The molecule has 92 valence electrons. The highest BCUT2D eigenvalue weighted by molar-refractivity contribution is 6.29. The van der Waals surface area contributed by atoms with Crippen molar-refractivity contribution < 1.29 is 0 Å². The summed E-state index contributed by atoms with van der Waals surface area (Å²) in [5.41, 5.74) is 1.81. The van der Waals surface area contributed by atoms with Gasteiger partial charge in [-0.1, -0.05) is 17.7 Å². The van der Waals surface area contributed by atoms with E-state index in [1.54, 1.807) is 36.2 Å². The number of hydrogen-bond donors (Lipinski definition) is 0. The lowest BCUT2D eigenvalue weighted by atomic mass is 10.2. The van der Waals surface area contributed by atoms with Crippen LogP contribution in [0, 0.1) is 22.7 Å². The first-order chi connectivity index (χ1) is 9.13. The summed E-state index contributed by atoms with van der Waals surface area (Å²) in [6.07, 6.45) is 0. The third kappa shape index (κ3) is 2.82. The van der Waals surface area contributed by atoms with Crippen molar-refractivity contribution in [3.8, 4) is 12.1 Å². The number of pyridine rings is 1. The molecule has 0 saturated heterocycles. The number of aromatic nitrogens is 1. The van der Waals surface area contributed by atoms with Gasteiger partial charge >= 0.3 is 0 Å². The first kappa shape index (κ1) is 12.9. The minimum absolute atomic E-state index is 0.261. The average molecular weight is 269 g/mol. The minimum atomic E-state index is 0.261. The van der Waals surface area contributed by atoms with Gasteiger partial charge in [-0.3, -0.25) is 0 Å². The van der Waals surface area contributed by atoms with E-state index in [1.165, 1.54) is 6.07 Å². The van der Waals surface area contributed by atoms with Crippen molar-refractivity contribution in [2.45, 2.75) is 0 Å². The zero-order valence-corrected chi connectivity index (χ0v) is 10.9. The van der Waals surface area contributed by atoms with Gasteiger partial charge in [0, 0.05) is 12.7 Å². The molecular weight excluding hydrogens is 260 g/mol. The smallest absolute Gasteiger partial charge is 0.135 e. The van der Waals surface area contributed by atoms with Gasteiger partial charge in [-0.05, 0) is 30.3 Å². The Morgan fingerprint density at radius 3 is 2.53 bits per heavy atom. The fourth-order valence-corrected chi connectivity index (χ4v) is 1.84. The number of rotatable bonds is 2. The molecule has 0 unspecified atom stereocenters. The summed E-state index contributed by atoms with van der Waals surface area (Å²) >= 11 is 5.88. The molecule has 1 heterocycles. The molecule has 2 aromatic rings. The maximum atomic E-state index is 8.92. The third-order valence-corrected chi connectivity index (χ3v) is 2.81. The van der Waals surface area contributed by atoms with Gasteiger partial charge in [0.05, 0.1) is 23.3 Å². The number of halogens is 1. The van der Waals surface area contributed by atoms with Crippen molar-refractivity contribution in [1.29, 1.82) is 10.5 Å². The molecule has 19 heavy (non-hydrogen) atoms. The molecule has 1 aromatic heterocycles. The summed E-state index contributed by atoms with van der Waals surface area (Å²) in [4.78, 5) is 5.94. The Hall–Kier alpha value is -2.56. The van der Waals surface area contributed by atoms with Crippen LogP contribution >= 0.6 is 11.6 Å². The molecule has 1 aromatic carbocycles. The van der Waals surface area contributed by atoms with Gasteiger partial charge in [-0.25, -0.2) is 4.98 Å². The third-order valence-electron chi connectivity index (χ3n) is 2.62. The predicted molar refractivity (Wildman–Crippen MR) is 73.2 cm³/mol. The highest BCUT2D eigenvalue weighted by Crippen LogP contribution is 2.24. The lowest BCUT2D eigenvalue weighted by Gasteiger charge is -2.18. The normalized spacial score (nSPS) is 9.47. The fourth-order valence-electron chi connectivity index (χ4n) is 1.64. The highest BCUT2D eigenvalue weighted by Gasteiger charge is 2.08. The average Bonchev–Trinajstić information content (AvgIpc) is 2.45. The molecule has 0 bridgehead atoms. The van der Waals surface area contributed by atoms with Crippen LogP contribution in [0.15, 0.2) is 36.4 Å². The molecule has 0 saturated carbocycles. The Labute approximate surface area is 116 Å². The maximum Gasteiger partial charge on any atom is 0.135 e. The highest BCUT2D eigenvalue weighted by atomic mass is 35.5. The summed E-state index contributed by atoms with van der Waals surface area (Å²) in [7, 11) is 1.80. The van der Waals surface area contributed by atoms with Gasteiger partial charge in [0.25, 0.3) is 0 Å².